The van der Waals surface area contributed by atoms with Crippen LogP contribution in [-0.2, 0) is 31.8 Å². The molecular weight excluding hydrogens is 592 g/mol. The monoisotopic (exact) mass is 646 g/mol. The third kappa shape index (κ3) is 20.5. The van der Waals surface area contributed by atoms with Crippen molar-refractivity contribution in [2.75, 3.05) is 79.0 Å². The van der Waals surface area contributed by atoms with Crippen molar-refractivity contribution in [3.63, 3.8) is 0 Å². The number of benzene rings is 2. The molecule has 6 N–H and O–H groups in total. The molecule has 0 saturated carbocycles. The van der Waals surface area contributed by atoms with Crippen molar-refractivity contribution in [2.24, 2.45) is 11.5 Å². The Labute approximate surface area is 273 Å². The molecule has 2 amide bonds. The molecule has 0 aliphatic heterocycles. The molecular formula is C34H54N4O8. The molecule has 0 spiro atoms. The molecule has 0 aliphatic carbocycles. The maximum atomic E-state index is 11.8. The smallest absolute Gasteiger partial charge is 0.407 e. The van der Waals surface area contributed by atoms with Crippen LogP contribution < -0.4 is 31.6 Å². The SMILES string of the molecule is NCCCCc1ccc(OCCOCCOC(=O)NCCCCNC(=O)OCCOCCOc2ccc(CCCCN)cc2)cc1. The summed E-state index contributed by atoms with van der Waals surface area (Å²) in [6.45, 7) is 4.80. The van der Waals surface area contributed by atoms with Crippen molar-refractivity contribution >= 4 is 12.2 Å². The van der Waals surface area contributed by atoms with Gasteiger partial charge in [-0.3, -0.25) is 0 Å². The van der Waals surface area contributed by atoms with E-state index in [0.717, 1.165) is 63.1 Å². The van der Waals surface area contributed by atoms with Gasteiger partial charge in [0.1, 0.15) is 37.9 Å². The van der Waals surface area contributed by atoms with E-state index in [4.69, 9.17) is 39.9 Å². The van der Waals surface area contributed by atoms with Gasteiger partial charge in [-0.25, -0.2) is 9.59 Å². The number of nitrogens with one attached hydrogen (secondary N) is 2. The predicted octanol–water partition coefficient (Wildman–Crippen LogP) is 3.97. The summed E-state index contributed by atoms with van der Waals surface area (Å²) in [7, 11) is 0. The predicted molar refractivity (Wildman–Crippen MR) is 177 cm³/mol. The summed E-state index contributed by atoms with van der Waals surface area (Å²) in [5.74, 6) is 1.59. The molecule has 0 aromatic heterocycles. The third-order valence-electron chi connectivity index (χ3n) is 6.74. The van der Waals surface area contributed by atoms with Crippen molar-refractivity contribution in [2.45, 2.75) is 51.4 Å². The fourth-order valence-electron chi connectivity index (χ4n) is 4.21. The van der Waals surface area contributed by atoms with Gasteiger partial charge < -0.3 is 50.5 Å². The highest BCUT2D eigenvalue weighted by Crippen LogP contribution is 2.15. The highest BCUT2D eigenvalue weighted by molar-refractivity contribution is 5.67. The molecule has 0 saturated heterocycles. The van der Waals surface area contributed by atoms with Gasteiger partial charge in [0.15, 0.2) is 0 Å². The largest absolute Gasteiger partial charge is 0.491 e. The average molecular weight is 647 g/mol. The highest BCUT2D eigenvalue weighted by Gasteiger charge is 2.04. The van der Waals surface area contributed by atoms with Gasteiger partial charge in [-0.05, 0) is 99.8 Å². The Morgan fingerprint density at radius 3 is 1.28 bits per heavy atom. The molecule has 2 rings (SSSR count). The van der Waals surface area contributed by atoms with Crippen molar-refractivity contribution in [1.82, 2.24) is 10.6 Å². The number of carbonyl (C=O) groups is 2. The molecule has 0 heterocycles. The number of ether oxygens (including phenoxy) is 6. The minimum atomic E-state index is -0.504. The van der Waals surface area contributed by atoms with Crippen LogP contribution >= 0.6 is 0 Å². The number of amides is 2. The number of aryl methyl sites for hydroxylation is 2. The standard InChI is InChI=1S/C34H54N4O8/c35-17-3-1-7-29-9-13-31(14-10-29)43-25-21-41-23-27-45-33(39)37-19-5-6-20-38-34(40)46-28-24-42-22-26-44-32-15-11-30(12-16-32)8-2-4-18-36/h9-16H,1-8,17-28,35-36H2,(H,37,39)(H,38,40). The van der Waals surface area contributed by atoms with E-state index in [9.17, 15) is 9.59 Å². The Morgan fingerprint density at radius 2 is 0.891 bits per heavy atom. The van der Waals surface area contributed by atoms with Crippen molar-refractivity contribution in [3.8, 4) is 11.5 Å². The number of alkyl carbamates (subject to hydrolysis) is 2. The molecule has 12 nitrogen and oxygen atoms in total. The number of nitrogens with two attached hydrogens (primary N) is 2. The normalized spacial score (nSPS) is 10.7. The molecule has 0 bridgehead atoms. The van der Waals surface area contributed by atoms with E-state index in [1.807, 2.05) is 24.3 Å². The Morgan fingerprint density at radius 1 is 0.500 bits per heavy atom. The summed E-state index contributed by atoms with van der Waals surface area (Å²) < 4.78 is 32.4. The van der Waals surface area contributed by atoms with Crippen LogP contribution in [0.4, 0.5) is 9.59 Å². The molecule has 46 heavy (non-hydrogen) atoms. The summed E-state index contributed by atoms with van der Waals surface area (Å²) >= 11 is 0. The quantitative estimate of drug-likeness (QED) is 0.104. The van der Waals surface area contributed by atoms with Crippen LogP contribution in [0.2, 0.25) is 0 Å². The number of hydrogen-bond acceptors (Lipinski definition) is 10. The van der Waals surface area contributed by atoms with Gasteiger partial charge in [-0.1, -0.05) is 24.3 Å². The van der Waals surface area contributed by atoms with Crippen molar-refractivity contribution in [3.05, 3.63) is 59.7 Å². The van der Waals surface area contributed by atoms with E-state index in [0.29, 0.717) is 52.4 Å². The first-order chi connectivity index (χ1) is 22.6. The van der Waals surface area contributed by atoms with Gasteiger partial charge in [-0.2, -0.15) is 0 Å². The summed E-state index contributed by atoms with van der Waals surface area (Å²) in [6.07, 6.45) is 6.62. The Balaban J connectivity index is 1.32. The lowest BCUT2D eigenvalue weighted by atomic mass is 10.1. The van der Waals surface area contributed by atoms with Gasteiger partial charge in [0, 0.05) is 13.1 Å². The lowest BCUT2D eigenvalue weighted by Gasteiger charge is -2.10. The zero-order chi connectivity index (χ0) is 32.9. The molecule has 0 atom stereocenters. The molecule has 0 unspecified atom stereocenters. The summed E-state index contributed by atoms with van der Waals surface area (Å²) in [5, 5.41) is 5.35. The van der Waals surface area contributed by atoms with E-state index in [-0.39, 0.29) is 26.4 Å². The van der Waals surface area contributed by atoms with Crippen LogP contribution in [0, 0.1) is 0 Å². The van der Waals surface area contributed by atoms with E-state index in [1.165, 1.54) is 11.1 Å². The van der Waals surface area contributed by atoms with E-state index in [1.54, 1.807) is 0 Å². The number of hydrogen-bond donors (Lipinski definition) is 4. The molecule has 2 aromatic carbocycles. The second kappa shape index (κ2) is 26.6. The zero-order valence-electron chi connectivity index (χ0n) is 27.2. The molecule has 258 valence electrons. The molecule has 0 radical (unpaired) electrons. The summed E-state index contributed by atoms with van der Waals surface area (Å²) in [5.41, 5.74) is 13.6. The van der Waals surface area contributed by atoms with Gasteiger partial charge in [0.25, 0.3) is 0 Å². The maximum Gasteiger partial charge on any atom is 0.407 e. The lowest BCUT2D eigenvalue weighted by molar-refractivity contribution is 0.0574. The van der Waals surface area contributed by atoms with Crippen molar-refractivity contribution in [1.29, 1.82) is 0 Å². The Hall–Kier alpha value is -3.58. The third-order valence-corrected chi connectivity index (χ3v) is 6.74. The fourth-order valence-corrected chi connectivity index (χ4v) is 4.21. The summed E-state index contributed by atoms with van der Waals surface area (Å²) in [6, 6.07) is 16.1. The first kappa shape index (κ1) is 38.6. The minimum absolute atomic E-state index is 0.150. The van der Waals surface area contributed by atoms with Crippen LogP contribution in [0.15, 0.2) is 48.5 Å². The lowest BCUT2D eigenvalue weighted by Crippen LogP contribution is -2.29. The first-order valence-corrected chi connectivity index (χ1v) is 16.4. The molecule has 2 aromatic rings. The van der Waals surface area contributed by atoms with Crippen LogP contribution in [0.1, 0.15) is 49.7 Å². The van der Waals surface area contributed by atoms with Crippen LogP contribution in [0.5, 0.6) is 11.5 Å². The van der Waals surface area contributed by atoms with Crippen LogP contribution in [0.3, 0.4) is 0 Å². The number of rotatable bonds is 27. The first-order valence-electron chi connectivity index (χ1n) is 16.4. The summed E-state index contributed by atoms with van der Waals surface area (Å²) in [4.78, 5) is 23.5. The van der Waals surface area contributed by atoms with Gasteiger partial charge in [-0.15, -0.1) is 0 Å². The molecule has 0 fully saturated rings. The second-order valence-electron chi connectivity index (χ2n) is 10.5. The van der Waals surface area contributed by atoms with Gasteiger partial charge >= 0.3 is 12.2 Å². The number of unbranched alkanes of at least 4 members (excludes halogenated alkanes) is 3. The zero-order valence-corrected chi connectivity index (χ0v) is 27.2. The molecule has 12 heteroatoms. The van der Waals surface area contributed by atoms with E-state index in [2.05, 4.69) is 34.9 Å². The van der Waals surface area contributed by atoms with E-state index >= 15 is 0 Å². The van der Waals surface area contributed by atoms with Gasteiger partial charge in [0.2, 0.25) is 0 Å². The van der Waals surface area contributed by atoms with Crippen LogP contribution in [0.25, 0.3) is 0 Å². The Bertz CT molecular complexity index is 957. The second-order valence-corrected chi connectivity index (χ2v) is 10.5. The van der Waals surface area contributed by atoms with Crippen LogP contribution in [-0.4, -0.2) is 91.2 Å². The fraction of sp³-hybridized carbons (Fsp3) is 0.588. The topological polar surface area (TPSA) is 166 Å². The van der Waals surface area contributed by atoms with E-state index < -0.39 is 12.2 Å². The average Bonchev–Trinajstić information content (AvgIpc) is 3.07. The molecule has 0 aliphatic rings. The minimum Gasteiger partial charge on any atom is -0.491 e. The number of carbonyl (C=O) groups excluding carboxylic acids is 2. The maximum absolute atomic E-state index is 11.8. The Kier molecular flexibility index (Phi) is 22.3. The van der Waals surface area contributed by atoms with Crippen molar-refractivity contribution < 1.29 is 38.0 Å². The highest BCUT2D eigenvalue weighted by atomic mass is 16.6. The van der Waals surface area contributed by atoms with Gasteiger partial charge in [0.05, 0.1) is 26.4 Å².